The molecule has 2 saturated heterocycles. The molecule has 1 amide bonds. The average molecular weight is 604 g/mol. The Kier molecular flexibility index (Phi) is 15.0. The summed E-state index contributed by atoms with van der Waals surface area (Å²) >= 11 is 0. The minimum absolute atomic E-state index is 0.0260. The lowest BCUT2D eigenvalue weighted by atomic mass is 9.94. The molecule has 3 aliphatic rings. The zero-order valence-corrected chi connectivity index (χ0v) is 28.0. The van der Waals surface area contributed by atoms with Gasteiger partial charge in [-0.15, -0.1) is 0 Å². The third-order valence-electron chi connectivity index (χ3n) is 9.36. The molecule has 2 fully saturated rings. The number of allylic oxidation sites excluding steroid dienone is 5. The van der Waals surface area contributed by atoms with E-state index in [4.69, 9.17) is 4.74 Å². The Morgan fingerprint density at radius 1 is 1.07 bits per heavy atom. The molecule has 2 bridgehead atoms. The smallest absolute Gasteiger partial charge is 0.209 e. The minimum atomic E-state index is 0.0260. The minimum Gasteiger partial charge on any atom is -0.508 e. The van der Waals surface area contributed by atoms with Gasteiger partial charge in [0.2, 0.25) is 6.41 Å². The van der Waals surface area contributed by atoms with Crippen molar-refractivity contribution in [2.45, 2.75) is 110 Å². The zero-order valence-electron chi connectivity index (χ0n) is 28.0. The molecule has 44 heavy (non-hydrogen) atoms. The van der Waals surface area contributed by atoms with Crippen molar-refractivity contribution in [3.8, 4) is 0 Å². The van der Waals surface area contributed by atoms with Gasteiger partial charge in [-0.25, -0.2) is 0 Å². The van der Waals surface area contributed by atoms with E-state index in [1.54, 1.807) is 11.0 Å². The fraction of sp³-hybridized carbons (Fsp3) is 0.553. The number of ether oxygens (including phenoxy) is 1. The van der Waals surface area contributed by atoms with Crippen LogP contribution in [0.25, 0.3) is 0 Å². The molecule has 4 atom stereocenters. The third kappa shape index (κ3) is 10.5. The molecule has 242 valence electrons. The van der Waals surface area contributed by atoms with E-state index in [9.17, 15) is 9.90 Å². The van der Waals surface area contributed by atoms with Gasteiger partial charge in [-0.1, -0.05) is 66.8 Å². The molecule has 0 spiro atoms. The van der Waals surface area contributed by atoms with Crippen molar-refractivity contribution in [1.82, 2.24) is 14.7 Å². The average Bonchev–Trinajstić information content (AvgIpc) is 3.18. The van der Waals surface area contributed by atoms with Gasteiger partial charge >= 0.3 is 0 Å². The molecule has 1 aromatic carbocycles. The summed E-state index contributed by atoms with van der Waals surface area (Å²) < 4.78 is 6.48. The number of carbonyl (C=O) groups excluding carboxylic acids is 1. The highest BCUT2D eigenvalue weighted by Gasteiger charge is 2.40. The fourth-order valence-corrected chi connectivity index (χ4v) is 6.68. The Labute approximate surface area is 267 Å². The van der Waals surface area contributed by atoms with Crippen LogP contribution < -0.4 is 0 Å². The van der Waals surface area contributed by atoms with Crippen LogP contribution >= 0.6 is 0 Å². The number of rotatable bonds is 13. The molecule has 4 unspecified atom stereocenters. The van der Waals surface area contributed by atoms with Gasteiger partial charge < -0.3 is 14.7 Å². The van der Waals surface area contributed by atoms with E-state index in [0.29, 0.717) is 42.5 Å². The van der Waals surface area contributed by atoms with Crippen LogP contribution in [0, 0.1) is 0 Å². The molecule has 0 aromatic heterocycles. The Hall–Kier alpha value is -3.09. The van der Waals surface area contributed by atoms with E-state index < -0.39 is 0 Å². The van der Waals surface area contributed by atoms with Crippen molar-refractivity contribution in [2.24, 2.45) is 0 Å². The molecular weight excluding hydrogens is 546 g/mol. The number of fused-ring (bicyclic) bond motifs is 2. The molecule has 2 aliphatic heterocycles. The number of carbonyl (C=O) groups is 1. The first-order chi connectivity index (χ1) is 21.3. The molecule has 0 radical (unpaired) electrons. The summed E-state index contributed by atoms with van der Waals surface area (Å²) in [4.78, 5) is 16.9. The number of hydrogen-bond acceptors (Lipinski definition) is 5. The molecule has 2 heterocycles. The predicted molar refractivity (Wildman–Crippen MR) is 183 cm³/mol. The van der Waals surface area contributed by atoms with E-state index in [2.05, 4.69) is 85.8 Å². The van der Waals surface area contributed by atoms with Gasteiger partial charge in [0.25, 0.3) is 0 Å². The lowest BCUT2D eigenvalue weighted by molar-refractivity contribution is -0.117. The quantitative estimate of drug-likeness (QED) is 0.107. The van der Waals surface area contributed by atoms with Gasteiger partial charge in [0, 0.05) is 50.6 Å². The van der Waals surface area contributed by atoms with Gasteiger partial charge in [0.15, 0.2) is 5.76 Å². The standard InChI is InChI=1S/C33H46N2O2.C5H11NO/c1-5-11-30(21-16-25(2)3)37-33-31(14-9-10-15-32(33)36)34(4)28-19-17-27-18-20-29(24-28)35(27)23-22-26-12-7-6-8-13-26;1-3-6(4-2)5-7/h5-13,16,27-29,31,36H,1,14-15,17-24H2,2-4H3;5H,3-4H2,1-2H3/b30-11+;. The van der Waals surface area contributed by atoms with Gasteiger partial charge in [-0.05, 0) is 91.3 Å². The van der Waals surface area contributed by atoms with Crippen molar-refractivity contribution >= 4 is 6.41 Å². The zero-order chi connectivity index (χ0) is 31.9. The number of benzene rings is 1. The van der Waals surface area contributed by atoms with Crippen molar-refractivity contribution in [1.29, 1.82) is 0 Å². The van der Waals surface area contributed by atoms with Crippen LogP contribution in [0.4, 0.5) is 0 Å². The maximum atomic E-state index is 11.0. The lowest BCUT2D eigenvalue weighted by Gasteiger charge is -2.37. The number of likely N-dealkylation sites (N-methyl/N-ethyl adjacent to an activating group) is 1. The summed E-state index contributed by atoms with van der Waals surface area (Å²) in [5.41, 5.74) is 2.68. The molecule has 1 aromatic rings. The largest absolute Gasteiger partial charge is 0.508 e. The Morgan fingerprint density at radius 3 is 2.41 bits per heavy atom. The maximum Gasteiger partial charge on any atom is 0.209 e. The normalized spacial score (nSPS) is 23.7. The maximum absolute atomic E-state index is 11.0. The second-order valence-electron chi connectivity index (χ2n) is 12.5. The van der Waals surface area contributed by atoms with E-state index >= 15 is 0 Å². The summed E-state index contributed by atoms with van der Waals surface area (Å²) in [7, 11) is 2.24. The first-order valence-electron chi connectivity index (χ1n) is 16.7. The van der Waals surface area contributed by atoms with Gasteiger partial charge in [-0.2, -0.15) is 0 Å². The lowest BCUT2D eigenvalue weighted by Crippen LogP contribution is -2.44. The summed E-state index contributed by atoms with van der Waals surface area (Å²) in [6.45, 7) is 14.8. The number of aliphatic hydroxyl groups excluding tert-OH is 1. The molecule has 6 nitrogen and oxygen atoms in total. The highest BCUT2D eigenvalue weighted by Crippen LogP contribution is 2.38. The predicted octanol–water partition coefficient (Wildman–Crippen LogP) is 7.96. The Bertz CT molecular complexity index is 1150. The van der Waals surface area contributed by atoms with Crippen LogP contribution in [0.2, 0.25) is 0 Å². The van der Waals surface area contributed by atoms with Crippen LogP contribution in [-0.2, 0) is 16.0 Å². The second kappa shape index (κ2) is 18.7. The van der Waals surface area contributed by atoms with Crippen molar-refractivity contribution < 1.29 is 14.6 Å². The van der Waals surface area contributed by atoms with Crippen molar-refractivity contribution in [3.05, 3.63) is 95.7 Å². The van der Waals surface area contributed by atoms with E-state index in [0.717, 1.165) is 44.6 Å². The van der Waals surface area contributed by atoms with Gasteiger partial charge in [0.1, 0.15) is 11.5 Å². The van der Waals surface area contributed by atoms with Crippen LogP contribution in [-0.4, -0.2) is 77.1 Å². The molecule has 1 N–H and O–H groups in total. The number of amides is 1. The van der Waals surface area contributed by atoms with E-state index in [-0.39, 0.29) is 6.04 Å². The summed E-state index contributed by atoms with van der Waals surface area (Å²) in [6.07, 6.45) is 20.4. The van der Waals surface area contributed by atoms with E-state index in [1.165, 1.54) is 43.2 Å². The van der Waals surface area contributed by atoms with Crippen molar-refractivity contribution in [2.75, 3.05) is 26.7 Å². The first-order valence-corrected chi connectivity index (χ1v) is 16.7. The van der Waals surface area contributed by atoms with Crippen LogP contribution in [0.15, 0.2) is 90.1 Å². The highest BCUT2D eigenvalue weighted by atomic mass is 16.5. The molecule has 1 aliphatic carbocycles. The summed E-state index contributed by atoms with van der Waals surface area (Å²) in [5, 5.41) is 11.0. The van der Waals surface area contributed by atoms with Crippen LogP contribution in [0.1, 0.15) is 84.6 Å². The number of hydrogen-bond donors (Lipinski definition) is 1. The van der Waals surface area contributed by atoms with Gasteiger partial charge in [-0.3, -0.25) is 14.6 Å². The van der Waals surface area contributed by atoms with Crippen molar-refractivity contribution in [3.63, 3.8) is 0 Å². The molecular formula is C38H57N3O3. The third-order valence-corrected chi connectivity index (χ3v) is 9.36. The topological polar surface area (TPSA) is 56.3 Å². The number of nitrogens with zero attached hydrogens (tertiary/aromatic N) is 3. The highest BCUT2D eigenvalue weighted by molar-refractivity contribution is 5.46. The fourth-order valence-electron chi connectivity index (χ4n) is 6.68. The van der Waals surface area contributed by atoms with Crippen LogP contribution in [0.5, 0.6) is 0 Å². The summed E-state index contributed by atoms with van der Waals surface area (Å²) in [6, 6.07) is 12.7. The SMILES string of the molecule is C=C/C=C(\CC=C(C)C)OC1=C(O)CC=CCC1N(C)C1CCC2CCC(C1)N2CCc1ccccc1.CCN(C=O)CC. The molecule has 4 rings (SSSR count). The van der Waals surface area contributed by atoms with E-state index in [1.807, 2.05) is 19.9 Å². The number of aliphatic hydroxyl groups is 1. The van der Waals surface area contributed by atoms with Crippen LogP contribution in [0.3, 0.4) is 0 Å². The Morgan fingerprint density at radius 2 is 1.77 bits per heavy atom. The van der Waals surface area contributed by atoms with Gasteiger partial charge in [0.05, 0.1) is 6.04 Å². The first kappa shape index (κ1) is 35.4. The molecule has 0 saturated carbocycles. The Balaban J connectivity index is 0.000000676. The summed E-state index contributed by atoms with van der Waals surface area (Å²) in [5.74, 6) is 1.88. The second-order valence-corrected chi connectivity index (χ2v) is 12.5. The monoisotopic (exact) mass is 603 g/mol. The molecule has 6 heteroatoms.